The third-order valence-corrected chi connectivity index (χ3v) is 10.0. The van der Waals surface area contributed by atoms with Crippen molar-refractivity contribution in [2.24, 2.45) is 5.73 Å². The molecule has 8 heteroatoms. The number of fused-ring (bicyclic) bond motifs is 1. The maximum absolute atomic E-state index is 12.9. The summed E-state index contributed by atoms with van der Waals surface area (Å²) in [5.74, 6) is -0.685. The average Bonchev–Trinajstić information content (AvgIpc) is 2.91. The Hall–Kier alpha value is -2.35. The Bertz CT molecular complexity index is 785. The van der Waals surface area contributed by atoms with Gasteiger partial charge in [-0.05, 0) is 36.7 Å². The number of hydrogen-bond donors (Lipinski definition) is 1. The topological polar surface area (TPSA) is 98.9 Å². The zero-order chi connectivity index (χ0) is 21.3. The molecular weight excluding hydrogens is 376 g/mol. The van der Waals surface area contributed by atoms with Crippen molar-refractivity contribution in [1.82, 2.24) is 4.90 Å². The molecule has 0 saturated carbocycles. The number of hydrogen-bond acceptors (Lipinski definition) is 5. The summed E-state index contributed by atoms with van der Waals surface area (Å²) in [4.78, 5) is 37.8. The fourth-order valence-corrected chi connectivity index (χ4v) is 3.96. The van der Waals surface area contributed by atoms with Gasteiger partial charge >= 0.3 is 5.97 Å². The molecule has 0 saturated heterocycles. The summed E-state index contributed by atoms with van der Waals surface area (Å²) in [5.41, 5.74) is 6.81. The lowest BCUT2D eigenvalue weighted by Gasteiger charge is -2.37. The number of amides is 2. The van der Waals surface area contributed by atoms with E-state index in [-0.39, 0.29) is 30.3 Å². The molecule has 0 spiro atoms. The molecule has 0 bridgehead atoms. The minimum atomic E-state index is -2.10. The normalized spacial score (nSPS) is 15.2. The summed E-state index contributed by atoms with van der Waals surface area (Å²) in [6.07, 6.45) is 0.137. The molecule has 2 N–H and O–H groups in total. The largest absolute Gasteiger partial charge is 0.543 e. The molecular formula is C20H30N2O5Si. The van der Waals surface area contributed by atoms with E-state index in [1.165, 1.54) is 12.0 Å². The minimum absolute atomic E-state index is 0.00823. The van der Waals surface area contributed by atoms with E-state index in [2.05, 4.69) is 38.6 Å². The first-order valence-corrected chi connectivity index (χ1v) is 12.3. The third kappa shape index (κ3) is 4.38. The van der Waals surface area contributed by atoms with Gasteiger partial charge in [-0.3, -0.25) is 14.4 Å². The molecule has 1 aromatic rings. The SMILES string of the molecule is COC(=O)CCC(C(N)=O)N1Cc2c(O[Si](C)(C)C(C)(C)C)cccc2C1=O. The lowest BCUT2D eigenvalue weighted by molar-refractivity contribution is -0.141. The third-order valence-electron chi connectivity index (χ3n) is 5.68. The first kappa shape index (κ1) is 21.9. The quantitative estimate of drug-likeness (QED) is 0.554. The fourth-order valence-electron chi connectivity index (χ4n) is 2.91. The van der Waals surface area contributed by atoms with Gasteiger partial charge in [-0.2, -0.15) is 0 Å². The zero-order valence-electron chi connectivity index (χ0n) is 17.5. The highest BCUT2D eigenvalue weighted by molar-refractivity contribution is 6.74. The van der Waals surface area contributed by atoms with Gasteiger partial charge in [0.15, 0.2) is 0 Å². The van der Waals surface area contributed by atoms with Crippen LogP contribution in [0.3, 0.4) is 0 Å². The molecule has 1 atom stereocenters. The number of benzene rings is 1. The Morgan fingerprint density at radius 1 is 1.29 bits per heavy atom. The van der Waals surface area contributed by atoms with Crippen LogP contribution in [0.5, 0.6) is 5.75 Å². The number of carbonyl (C=O) groups excluding carboxylic acids is 3. The van der Waals surface area contributed by atoms with Crippen molar-refractivity contribution in [3.63, 3.8) is 0 Å². The molecule has 1 aromatic carbocycles. The maximum Gasteiger partial charge on any atom is 0.305 e. The number of nitrogens with zero attached hydrogens (tertiary/aromatic N) is 1. The van der Waals surface area contributed by atoms with Gasteiger partial charge in [0.1, 0.15) is 11.8 Å². The van der Waals surface area contributed by atoms with E-state index in [9.17, 15) is 14.4 Å². The van der Waals surface area contributed by atoms with E-state index in [0.717, 1.165) is 5.56 Å². The lowest BCUT2D eigenvalue weighted by atomic mass is 10.1. The van der Waals surface area contributed by atoms with Crippen LogP contribution in [0.15, 0.2) is 18.2 Å². The van der Waals surface area contributed by atoms with Crippen LogP contribution in [0.2, 0.25) is 18.1 Å². The molecule has 1 aliphatic rings. The molecule has 1 heterocycles. The number of primary amides is 1. The van der Waals surface area contributed by atoms with Crippen LogP contribution in [0.4, 0.5) is 0 Å². The summed E-state index contributed by atoms with van der Waals surface area (Å²) in [5, 5.41) is 0.00823. The molecule has 0 fully saturated rings. The van der Waals surface area contributed by atoms with E-state index in [4.69, 9.17) is 10.2 Å². The van der Waals surface area contributed by atoms with Crippen molar-refractivity contribution in [2.75, 3.05) is 7.11 Å². The predicted molar refractivity (Wildman–Crippen MR) is 108 cm³/mol. The van der Waals surface area contributed by atoms with Gasteiger partial charge in [0.2, 0.25) is 14.2 Å². The molecule has 154 valence electrons. The lowest BCUT2D eigenvalue weighted by Crippen LogP contribution is -2.45. The van der Waals surface area contributed by atoms with Crippen molar-refractivity contribution >= 4 is 26.1 Å². The first-order valence-electron chi connectivity index (χ1n) is 9.37. The number of carbonyl (C=O) groups is 3. The summed E-state index contributed by atoms with van der Waals surface area (Å²) in [6, 6.07) is 4.51. The highest BCUT2D eigenvalue weighted by atomic mass is 28.4. The monoisotopic (exact) mass is 406 g/mol. The molecule has 2 rings (SSSR count). The van der Waals surface area contributed by atoms with Gasteiger partial charge in [-0.1, -0.05) is 26.8 Å². The number of rotatable bonds is 7. The minimum Gasteiger partial charge on any atom is -0.543 e. The van der Waals surface area contributed by atoms with E-state index < -0.39 is 26.2 Å². The molecule has 7 nitrogen and oxygen atoms in total. The van der Waals surface area contributed by atoms with Crippen molar-refractivity contribution < 1.29 is 23.5 Å². The van der Waals surface area contributed by atoms with E-state index in [1.807, 2.05) is 6.07 Å². The highest BCUT2D eigenvalue weighted by Crippen LogP contribution is 2.40. The number of nitrogens with two attached hydrogens (primary N) is 1. The van der Waals surface area contributed by atoms with Gasteiger partial charge in [0.25, 0.3) is 5.91 Å². The Labute approximate surface area is 167 Å². The molecule has 1 unspecified atom stereocenters. The van der Waals surface area contributed by atoms with Crippen LogP contribution < -0.4 is 10.2 Å². The number of methoxy groups -OCH3 is 1. The molecule has 2 amide bonds. The number of esters is 1. The Kier molecular flexibility index (Phi) is 6.23. The summed E-state index contributed by atoms with van der Waals surface area (Å²) < 4.78 is 11.1. The van der Waals surface area contributed by atoms with Crippen LogP contribution in [0.1, 0.15) is 49.5 Å². The molecule has 0 aliphatic carbocycles. The second-order valence-electron chi connectivity index (χ2n) is 8.61. The van der Waals surface area contributed by atoms with E-state index in [1.54, 1.807) is 12.1 Å². The second kappa shape index (κ2) is 7.95. The maximum atomic E-state index is 12.9. The Balaban J connectivity index is 2.31. The van der Waals surface area contributed by atoms with Crippen LogP contribution in [0.25, 0.3) is 0 Å². The zero-order valence-corrected chi connectivity index (χ0v) is 18.5. The van der Waals surface area contributed by atoms with Gasteiger partial charge in [0.05, 0.1) is 13.7 Å². The standard InChI is InChI=1S/C20H30N2O5Si/c1-20(2,3)28(5,6)27-16-9-7-8-13-14(16)12-22(19(13)25)15(18(21)24)10-11-17(23)26-4/h7-9,15H,10-12H2,1-6H3,(H2,21,24). The summed E-state index contributed by atoms with van der Waals surface area (Å²) >= 11 is 0. The second-order valence-corrected chi connectivity index (χ2v) is 13.3. The van der Waals surface area contributed by atoms with Crippen LogP contribution in [0, 0.1) is 0 Å². The smallest absolute Gasteiger partial charge is 0.305 e. The molecule has 0 aromatic heterocycles. The predicted octanol–water partition coefficient (Wildman–Crippen LogP) is 2.83. The highest BCUT2D eigenvalue weighted by Gasteiger charge is 2.42. The Morgan fingerprint density at radius 3 is 2.46 bits per heavy atom. The van der Waals surface area contributed by atoms with E-state index in [0.29, 0.717) is 11.3 Å². The first-order chi connectivity index (χ1) is 12.9. The van der Waals surface area contributed by atoms with Crippen molar-refractivity contribution in [3.05, 3.63) is 29.3 Å². The fraction of sp³-hybridized carbons (Fsp3) is 0.550. The van der Waals surface area contributed by atoms with Crippen molar-refractivity contribution in [1.29, 1.82) is 0 Å². The number of ether oxygens (including phenoxy) is 1. The van der Waals surface area contributed by atoms with Crippen LogP contribution >= 0.6 is 0 Å². The van der Waals surface area contributed by atoms with Crippen molar-refractivity contribution in [2.45, 2.75) is 64.3 Å². The van der Waals surface area contributed by atoms with Gasteiger partial charge in [0, 0.05) is 17.5 Å². The van der Waals surface area contributed by atoms with Crippen molar-refractivity contribution in [3.8, 4) is 5.75 Å². The molecule has 1 aliphatic heterocycles. The van der Waals surface area contributed by atoms with E-state index >= 15 is 0 Å². The van der Waals surface area contributed by atoms with Gasteiger partial charge < -0.3 is 19.8 Å². The Morgan fingerprint density at radius 2 is 1.93 bits per heavy atom. The van der Waals surface area contributed by atoms with Crippen LogP contribution in [-0.4, -0.2) is 44.2 Å². The van der Waals surface area contributed by atoms with Crippen LogP contribution in [-0.2, 0) is 20.9 Å². The molecule has 0 radical (unpaired) electrons. The molecule has 28 heavy (non-hydrogen) atoms. The summed E-state index contributed by atoms with van der Waals surface area (Å²) in [6.45, 7) is 11.0. The summed E-state index contributed by atoms with van der Waals surface area (Å²) in [7, 11) is -0.819. The van der Waals surface area contributed by atoms with Gasteiger partial charge in [-0.15, -0.1) is 0 Å². The van der Waals surface area contributed by atoms with Gasteiger partial charge in [-0.25, -0.2) is 0 Å². The average molecular weight is 407 g/mol.